The Morgan fingerprint density at radius 1 is 1.83 bits per heavy atom. The monoisotopic (exact) mass is 228 g/mol. The lowest BCUT2D eigenvalue weighted by Gasteiger charge is -2.05. The Kier molecular flexibility index (Phi) is 2.22. The number of imidazole rings is 1. The number of rotatable bonds is 3. The molecule has 3 atom stereocenters. The van der Waals surface area contributed by atoms with Gasteiger partial charge in [-0.3, -0.25) is 0 Å². The van der Waals surface area contributed by atoms with E-state index in [0.29, 0.717) is 4.83 Å². The van der Waals surface area contributed by atoms with Crippen LogP contribution < -0.4 is 0 Å². The van der Waals surface area contributed by atoms with Crippen LogP contribution in [0.4, 0.5) is 0 Å². The van der Waals surface area contributed by atoms with Gasteiger partial charge in [0.05, 0.1) is 0 Å². The first-order valence-electron chi connectivity index (χ1n) is 4.39. The summed E-state index contributed by atoms with van der Waals surface area (Å²) in [4.78, 5) is 7.94. The van der Waals surface area contributed by atoms with Crippen LogP contribution in [0.1, 0.15) is 19.2 Å². The number of hydrogen-bond acceptors (Lipinski definition) is 1. The molecule has 0 amide bonds. The molecule has 0 saturated heterocycles. The number of H-pyrrole nitrogens is 1. The molecule has 2 nitrogen and oxygen atoms in total. The molecule has 3 heteroatoms. The maximum absolute atomic E-state index is 4.21. The van der Waals surface area contributed by atoms with Gasteiger partial charge in [-0.05, 0) is 18.3 Å². The van der Waals surface area contributed by atoms with Gasteiger partial charge in [-0.1, -0.05) is 22.9 Å². The largest absolute Gasteiger partial charge is 0.349 e. The molecule has 2 rings (SSSR count). The lowest BCUT2D eigenvalue weighted by Crippen LogP contribution is -2.07. The fraction of sp³-hybridized carbons (Fsp3) is 0.667. The van der Waals surface area contributed by atoms with Gasteiger partial charge < -0.3 is 4.98 Å². The number of nitrogens with one attached hydrogen (secondary N) is 1. The Labute approximate surface area is 80.9 Å². The van der Waals surface area contributed by atoms with E-state index in [2.05, 4.69) is 32.8 Å². The molecule has 1 aromatic rings. The van der Waals surface area contributed by atoms with Crippen molar-refractivity contribution in [3.8, 4) is 0 Å². The van der Waals surface area contributed by atoms with Crippen molar-refractivity contribution in [1.29, 1.82) is 0 Å². The molecule has 1 fully saturated rings. The molecule has 1 aliphatic rings. The van der Waals surface area contributed by atoms with E-state index < -0.39 is 0 Å². The zero-order valence-electron chi connectivity index (χ0n) is 7.13. The number of nitrogens with zero attached hydrogens (tertiary/aromatic N) is 1. The van der Waals surface area contributed by atoms with Crippen LogP contribution in [0.25, 0.3) is 0 Å². The van der Waals surface area contributed by atoms with Crippen LogP contribution in [-0.2, 0) is 6.42 Å². The predicted octanol–water partition coefficient (Wildman–Crippen LogP) is 2.37. The Balaban J connectivity index is 1.87. The van der Waals surface area contributed by atoms with E-state index in [1.165, 1.54) is 6.42 Å². The lowest BCUT2D eigenvalue weighted by atomic mass is 10.2. The van der Waals surface area contributed by atoms with Crippen molar-refractivity contribution in [3.63, 3.8) is 0 Å². The summed E-state index contributed by atoms with van der Waals surface area (Å²) in [7, 11) is 0. The number of aromatic amines is 1. The molecule has 0 bridgehead atoms. The molecule has 12 heavy (non-hydrogen) atoms. The average Bonchev–Trinajstić information content (AvgIpc) is 2.58. The van der Waals surface area contributed by atoms with Crippen molar-refractivity contribution in [3.05, 3.63) is 18.2 Å². The van der Waals surface area contributed by atoms with E-state index in [9.17, 15) is 0 Å². The molecule has 1 aromatic heterocycles. The van der Waals surface area contributed by atoms with Crippen LogP contribution >= 0.6 is 15.9 Å². The molecule has 1 heterocycles. The molecule has 0 aromatic carbocycles. The van der Waals surface area contributed by atoms with Gasteiger partial charge in [0.15, 0.2) is 0 Å². The summed E-state index contributed by atoms with van der Waals surface area (Å²) in [6.45, 7) is 2.31. The molecular formula is C9H13BrN2. The van der Waals surface area contributed by atoms with Crippen LogP contribution in [0, 0.1) is 11.8 Å². The second-order valence-corrected chi connectivity index (χ2v) is 4.81. The summed E-state index contributed by atoms with van der Waals surface area (Å²) < 4.78 is 0. The van der Waals surface area contributed by atoms with Crippen LogP contribution in [0.3, 0.4) is 0 Å². The predicted molar refractivity (Wildman–Crippen MR) is 52.3 cm³/mol. The Morgan fingerprint density at radius 2 is 2.58 bits per heavy atom. The van der Waals surface area contributed by atoms with Crippen LogP contribution in [-0.4, -0.2) is 14.8 Å². The molecule has 0 spiro atoms. The SMILES string of the molecule is CC1CC1C(Br)Cc1ncc[nH]1. The van der Waals surface area contributed by atoms with Crippen molar-refractivity contribution in [1.82, 2.24) is 9.97 Å². The molecule has 1 saturated carbocycles. The maximum Gasteiger partial charge on any atom is 0.107 e. The summed E-state index contributed by atoms with van der Waals surface area (Å²) in [6, 6.07) is 0. The minimum Gasteiger partial charge on any atom is -0.349 e. The molecule has 3 unspecified atom stereocenters. The first kappa shape index (κ1) is 8.30. The minimum absolute atomic E-state index is 0.610. The van der Waals surface area contributed by atoms with E-state index in [1.54, 1.807) is 0 Å². The van der Waals surface area contributed by atoms with Gasteiger partial charge in [0, 0.05) is 23.6 Å². The Hall–Kier alpha value is -0.310. The third-order valence-electron chi connectivity index (χ3n) is 2.58. The maximum atomic E-state index is 4.21. The van der Waals surface area contributed by atoms with Crippen molar-refractivity contribution in [2.75, 3.05) is 0 Å². The van der Waals surface area contributed by atoms with E-state index in [1.807, 2.05) is 12.4 Å². The molecule has 1 aliphatic carbocycles. The van der Waals surface area contributed by atoms with Gasteiger partial charge in [0.1, 0.15) is 5.82 Å². The molecule has 0 aliphatic heterocycles. The Morgan fingerprint density at radius 3 is 3.08 bits per heavy atom. The molecule has 0 radical (unpaired) electrons. The van der Waals surface area contributed by atoms with Crippen LogP contribution in [0.2, 0.25) is 0 Å². The third kappa shape index (κ3) is 1.71. The van der Waals surface area contributed by atoms with Gasteiger partial charge in [-0.15, -0.1) is 0 Å². The van der Waals surface area contributed by atoms with Crippen molar-refractivity contribution >= 4 is 15.9 Å². The van der Waals surface area contributed by atoms with Crippen LogP contribution in [0.15, 0.2) is 12.4 Å². The van der Waals surface area contributed by atoms with Crippen LogP contribution in [0.5, 0.6) is 0 Å². The van der Waals surface area contributed by atoms with Crippen molar-refractivity contribution < 1.29 is 0 Å². The summed E-state index contributed by atoms with van der Waals surface area (Å²) >= 11 is 3.71. The second-order valence-electron chi connectivity index (χ2n) is 3.63. The van der Waals surface area contributed by atoms with E-state index in [0.717, 1.165) is 24.1 Å². The number of aromatic nitrogens is 2. The van der Waals surface area contributed by atoms with E-state index in [-0.39, 0.29) is 0 Å². The average molecular weight is 229 g/mol. The summed E-state index contributed by atoms with van der Waals surface area (Å²) in [5, 5.41) is 0. The molecule has 1 N–H and O–H groups in total. The highest BCUT2D eigenvalue weighted by atomic mass is 79.9. The summed E-state index contributed by atoms with van der Waals surface area (Å²) in [5.74, 6) is 2.87. The highest BCUT2D eigenvalue weighted by Crippen LogP contribution is 2.44. The van der Waals surface area contributed by atoms with Gasteiger partial charge in [-0.25, -0.2) is 4.98 Å². The smallest absolute Gasteiger partial charge is 0.107 e. The lowest BCUT2D eigenvalue weighted by molar-refractivity contribution is 0.685. The van der Waals surface area contributed by atoms with Crippen molar-refractivity contribution in [2.24, 2.45) is 11.8 Å². The minimum atomic E-state index is 0.610. The van der Waals surface area contributed by atoms with Crippen molar-refractivity contribution in [2.45, 2.75) is 24.6 Å². The third-order valence-corrected chi connectivity index (χ3v) is 3.58. The number of alkyl halides is 1. The molecular weight excluding hydrogens is 216 g/mol. The standard InChI is InChI=1S/C9H13BrN2/c1-6-4-7(6)8(10)5-9-11-2-3-12-9/h2-3,6-8H,4-5H2,1H3,(H,11,12). The van der Waals surface area contributed by atoms with Gasteiger partial charge in [0.2, 0.25) is 0 Å². The van der Waals surface area contributed by atoms with Gasteiger partial charge in [-0.2, -0.15) is 0 Å². The zero-order chi connectivity index (χ0) is 8.55. The number of halogens is 1. The second kappa shape index (κ2) is 3.21. The zero-order valence-corrected chi connectivity index (χ0v) is 8.71. The summed E-state index contributed by atoms with van der Waals surface area (Å²) in [6.07, 6.45) is 6.09. The first-order valence-corrected chi connectivity index (χ1v) is 5.31. The van der Waals surface area contributed by atoms with Gasteiger partial charge >= 0.3 is 0 Å². The normalized spacial score (nSPS) is 30.2. The van der Waals surface area contributed by atoms with E-state index >= 15 is 0 Å². The van der Waals surface area contributed by atoms with E-state index in [4.69, 9.17) is 0 Å². The fourth-order valence-corrected chi connectivity index (χ4v) is 2.64. The topological polar surface area (TPSA) is 28.7 Å². The quantitative estimate of drug-likeness (QED) is 0.792. The highest BCUT2D eigenvalue weighted by Gasteiger charge is 2.38. The highest BCUT2D eigenvalue weighted by molar-refractivity contribution is 9.09. The number of hydrogen-bond donors (Lipinski definition) is 1. The Bertz CT molecular complexity index is 245. The summed E-state index contributed by atoms with van der Waals surface area (Å²) in [5.41, 5.74) is 0. The van der Waals surface area contributed by atoms with Gasteiger partial charge in [0.25, 0.3) is 0 Å². The first-order chi connectivity index (χ1) is 5.77. The molecule has 66 valence electrons. The fourth-order valence-electron chi connectivity index (χ4n) is 1.60.